The number of methoxy groups -OCH3 is 2. The number of amides is 1. The molecule has 4 heterocycles. The zero-order valence-corrected chi connectivity index (χ0v) is 18.6. The summed E-state index contributed by atoms with van der Waals surface area (Å²) in [6.45, 7) is 0.397. The van der Waals surface area contributed by atoms with Crippen molar-refractivity contribution in [3.8, 4) is 11.5 Å². The van der Waals surface area contributed by atoms with Crippen molar-refractivity contribution in [3.05, 3.63) is 94.4 Å². The van der Waals surface area contributed by atoms with E-state index in [9.17, 15) is 9.59 Å². The minimum Gasteiger partial charge on any atom is -0.497 e. The van der Waals surface area contributed by atoms with Gasteiger partial charge in [-0.25, -0.2) is 4.98 Å². The van der Waals surface area contributed by atoms with Gasteiger partial charge >= 0.3 is 0 Å². The normalized spacial score (nSPS) is 11.1. The average Bonchev–Trinajstić information content (AvgIpc) is 3.55. The van der Waals surface area contributed by atoms with Gasteiger partial charge in [0.05, 0.1) is 26.3 Å². The summed E-state index contributed by atoms with van der Waals surface area (Å²) in [7, 11) is 3.14. The summed E-state index contributed by atoms with van der Waals surface area (Å²) in [6.07, 6.45) is 3.47. The Morgan fingerprint density at radius 3 is 2.74 bits per heavy atom. The smallest absolute Gasteiger partial charge is 0.287 e. The van der Waals surface area contributed by atoms with Crippen LogP contribution in [0.1, 0.15) is 21.9 Å². The predicted molar refractivity (Wildman–Crippen MR) is 125 cm³/mol. The summed E-state index contributed by atoms with van der Waals surface area (Å²) in [5, 5.41) is 2.83. The predicted octanol–water partition coefficient (Wildman–Crippen LogP) is 3.24. The van der Waals surface area contributed by atoms with Crippen LogP contribution in [0, 0.1) is 0 Å². The number of nitrogens with one attached hydrogen (secondary N) is 1. The van der Waals surface area contributed by atoms with Gasteiger partial charge in [-0.3, -0.25) is 14.2 Å². The summed E-state index contributed by atoms with van der Waals surface area (Å²) >= 11 is 0. The van der Waals surface area contributed by atoms with Gasteiger partial charge in [0, 0.05) is 30.6 Å². The molecule has 0 radical (unpaired) electrons. The Kier molecular flexibility index (Phi) is 5.51. The number of aromatic nitrogens is 3. The van der Waals surface area contributed by atoms with Gasteiger partial charge in [0.25, 0.3) is 11.5 Å². The third-order valence-electron chi connectivity index (χ3n) is 5.63. The molecular formula is C25H22N4O5. The first-order valence-electron chi connectivity index (χ1n) is 10.6. The van der Waals surface area contributed by atoms with E-state index in [-0.39, 0.29) is 30.3 Å². The third-order valence-corrected chi connectivity index (χ3v) is 5.63. The van der Waals surface area contributed by atoms with Crippen LogP contribution in [0.3, 0.4) is 0 Å². The van der Waals surface area contributed by atoms with Gasteiger partial charge < -0.3 is 23.6 Å². The zero-order chi connectivity index (χ0) is 23.7. The molecule has 0 saturated heterocycles. The summed E-state index contributed by atoms with van der Waals surface area (Å²) in [5.41, 5.74) is 2.49. The molecule has 5 aromatic rings. The van der Waals surface area contributed by atoms with Crippen molar-refractivity contribution in [2.24, 2.45) is 0 Å². The number of hydrogen-bond acceptors (Lipinski definition) is 6. The quantitative estimate of drug-likeness (QED) is 0.402. The molecule has 1 amide bonds. The Bertz CT molecular complexity index is 1560. The molecule has 9 heteroatoms. The number of fused-ring (bicyclic) bond motifs is 3. The summed E-state index contributed by atoms with van der Waals surface area (Å²) in [4.78, 5) is 30.1. The van der Waals surface area contributed by atoms with Gasteiger partial charge in [0.1, 0.15) is 22.8 Å². The first-order chi connectivity index (χ1) is 16.6. The van der Waals surface area contributed by atoms with Crippen molar-refractivity contribution in [2.75, 3.05) is 14.2 Å². The van der Waals surface area contributed by atoms with E-state index in [1.165, 1.54) is 0 Å². The maximum atomic E-state index is 13.1. The Morgan fingerprint density at radius 1 is 1.06 bits per heavy atom. The fourth-order valence-electron chi connectivity index (χ4n) is 3.93. The molecule has 172 valence electrons. The Balaban J connectivity index is 1.37. The van der Waals surface area contributed by atoms with Crippen LogP contribution < -0.4 is 20.3 Å². The standard InChI is InChI=1S/C25H22N4O5/c1-32-17-8-7-16(22(13-17)33-2)14-27-24(30)21-10-9-18(34-21)15-29-23-19(5-3-11-26-23)28-12-4-6-20(28)25(29)31/h3-13H,14-15H2,1-2H3,(H,27,30). The highest BCUT2D eigenvalue weighted by Crippen LogP contribution is 2.24. The lowest BCUT2D eigenvalue weighted by Gasteiger charge is -2.11. The molecule has 0 bridgehead atoms. The maximum Gasteiger partial charge on any atom is 0.287 e. The topological polar surface area (TPSA) is 100 Å². The molecule has 0 spiro atoms. The second kappa shape index (κ2) is 8.78. The number of nitrogens with zero attached hydrogens (tertiary/aromatic N) is 3. The number of carbonyl (C=O) groups is 1. The van der Waals surface area contributed by atoms with Crippen molar-refractivity contribution in [3.63, 3.8) is 0 Å². The highest BCUT2D eigenvalue weighted by Gasteiger charge is 2.16. The SMILES string of the molecule is COc1ccc(CNC(=O)c2ccc(Cn3c(=O)c4cccn4c4cccnc43)o2)c(OC)c1. The monoisotopic (exact) mass is 458 g/mol. The lowest BCUT2D eigenvalue weighted by molar-refractivity contribution is 0.0921. The van der Waals surface area contributed by atoms with E-state index in [0.29, 0.717) is 28.4 Å². The zero-order valence-electron chi connectivity index (χ0n) is 18.6. The first kappa shape index (κ1) is 21.3. The molecule has 9 nitrogen and oxygen atoms in total. The molecule has 4 aromatic heterocycles. The summed E-state index contributed by atoms with van der Waals surface area (Å²) in [6, 6.07) is 16.0. The lowest BCUT2D eigenvalue weighted by Crippen LogP contribution is -2.24. The van der Waals surface area contributed by atoms with Crippen molar-refractivity contribution < 1.29 is 18.7 Å². The highest BCUT2D eigenvalue weighted by atomic mass is 16.5. The van der Waals surface area contributed by atoms with E-state index in [1.54, 1.807) is 55.3 Å². The fraction of sp³-hybridized carbons (Fsp3) is 0.160. The van der Waals surface area contributed by atoms with Crippen LogP contribution in [0.15, 0.2) is 76.2 Å². The second-order valence-electron chi connectivity index (χ2n) is 7.63. The number of benzene rings is 1. The minimum absolute atomic E-state index is 0.146. The van der Waals surface area contributed by atoms with Crippen molar-refractivity contribution >= 4 is 22.6 Å². The van der Waals surface area contributed by atoms with Crippen molar-refractivity contribution in [1.82, 2.24) is 19.3 Å². The number of pyridine rings is 1. The molecule has 0 aliphatic heterocycles. The molecule has 0 unspecified atom stereocenters. The molecule has 0 aliphatic carbocycles. The molecule has 1 N–H and O–H groups in total. The highest BCUT2D eigenvalue weighted by molar-refractivity contribution is 5.91. The Hall–Kier alpha value is -4.53. The molecule has 0 aliphatic rings. The fourth-order valence-corrected chi connectivity index (χ4v) is 3.93. The average molecular weight is 458 g/mol. The van der Waals surface area contributed by atoms with Gasteiger partial charge in [-0.05, 0) is 48.5 Å². The minimum atomic E-state index is -0.374. The summed E-state index contributed by atoms with van der Waals surface area (Å²) < 4.78 is 19.7. The van der Waals surface area contributed by atoms with Gasteiger partial charge in [0.15, 0.2) is 11.4 Å². The number of carbonyl (C=O) groups excluding carboxylic acids is 1. The molecular weight excluding hydrogens is 436 g/mol. The third kappa shape index (κ3) is 3.77. The van der Waals surface area contributed by atoms with Gasteiger partial charge in [-0.1, -0.05) is 0 Å². The Labute approximate surface area is 194 Å². The molecule has 0 fully saturated rings. The summed E-state index contributed by atoms with van der Waals surface area (Å²) in [5.74, 6) is 1.52. The van der Waals surface area contributed by atoms with E-state index >= 15 is 0 Å². The molecule has 5 rings (SSSR count). The molecule has 0 atom stereocenters. The van der Waals surface area contributed by atoms with Crippen LogP contribution in [-0.2, 0) is 13.1 Å². The number of hydrogen-bond donors (Lipinski definition) is 1. The number of furan rings is 1. The van der Waals surface area contributed by atoms with Gasteiger partial charge in [0.2, 0.25) is 0 Å². The maximum absolute atomic E-state index is 13.1. The van der Waals surface area contributed by atoms with Crippen LogP contribution in [0.4, 0.5) is 0 Å². The molecule has 34 heavy (non-hydrogen) atoms. The molecule has 0 saturated carbocycles. The number of ether oxygens (including phenoxy) is 2. The second-order valence-corrected chi connectivity index (χ2v) is 7.63. The van der Waals surface area contributed by atoms with Crippen molar-refractivity contribution in [1.29, 1.82) is 0 Å². The molecule has 1 aromatic carbocycles. The van der Waals surface area contributed by atoms with Crippen LogP contribution in [0.2, 0.25) is 0 Å². The van der Waals surface area contributed by atoms with Crippen molar-refractivity contribution in [2.45, 2.75) is 13.1 Å². The van der Waals surface area contributed by atoms with E-state index in [2.05, 4.69) is 10.3 Å². The first-order valence-corrected chi connectivity index (χ1v) is 10.6. The lowest BCUT2D eigenvalue weighted by atomic mass is 10.2. The number of rotatable bonds is 7. The van der Waals surface area contributed by atoms with Gasteiger partial charge in [-0.2, -0.15) is 0 Å². The van der Waals surface area contributed by atoms with Crippen LogP contribution in [-0.4, -0.2) is 34.1 Å². The van der Waals surface area contributed by atoms with E-state index < -0.39 is 0 Å². The van der Waals surface area contributed by atoms with Crippen LogP contribution in [0.5, 0.6) is 11.5 Å². The van der Waals surface area contributed by atoms with E-state index in [1.807, 2.05) is 34.9 Å². The van der Waals surface area contributed by atoms with E-state index in [0.717, 1.165) is 11.1 Å². The van der Waals surface area contributed by atoms with E-state index in [4.69, 9.17) is 13.9 Å². The largest absolute Gasteiger partial charge is 0.497 e. The Morgan fingerprint density at radius 2 is 1.91 bits per heavy atom. The van der Waals surface area contributed by atoms with Gasteiger partial charge in [-0.15, -0.1) is 0 Å². The van der Waals surface area contributed by atoms with Crippen LogP contribution >= 0.6 is 0 Å². The van der Waals surface area contributed by atoms with Crippen LogP contribution in [0.25, 0.3) is 16.7 Å².